The lowest BCUT2D eigenvalue weighted by molar-refractivity contribution is -0.118. The summed E-state index contributed by atoms with van der Waals surface area (Å²) in [5.41, 5.74) is 1.62. The zero-order valence-corrected chi connectivity index (χ0v) is 12.3. The largest absolute Gasteiger partial charge is 0.484 e. The molecule has 0 aromatic heterocycles. The van der Waals surface area contributed by atoms with Crippen LogP contribution in [-0.2, 0) is 4.79 Å². The number of carbonyl (C=O) groups excluding carboxylic acids is 1. The Hall–Kier alpha value is -1.71. The van der Waals surface area contributed by atoms with E-state index in [4.69, 9.17) is 27.9 Å². The minimum atomic E-state index is -0.231. The van der Waals surface area contributed by atoms with Gasteiger partial charge in [0.1, 0.15) is 5.75 Å². The zero-order chi connectivity index (χ0) is 14.5. The van der Waals surface area contributed by atoms with E-state index in [1.807, 2.05) is 6.92 Å². The van der Waals surface area contributed by atoms with Gasteiger partial charge < -0.3 is 10.1 Å². The molecule has 2 rings (SSSR count). The predicted molar refractivity (Wildman–Crippen MR) is 81.8 cm³/mol. The topological polar surface area (TPSA) is 38.3 Å². The predicted octanol–water partition coefficient (Wildman–Crippen LogP) is 4.32. The molecule has 0 saturated carbocycles. The molecule has 0 aliphatic carbocycles. The van der Waals surface area contributed by atoms with E-state index in [-0.39, 0.29) is 12.5 Å². The number of carbonyl (C=O) groups is 1. The first kappa shape index (κ1) is 14.7. The molecule has 0 saturated heterocycles. The first-order valence-corrected chi connectivity index (χ1v) is 6.74. The minimum Gasteiger partial charge on any atom is -0.484 e. The van der Waals surface area contributed by atoms with E-state index in [1.54, 1.807) is 42.5 Å². The highest BCUT2D eigenvalue weighted by molar-refractivity contribution is 6.31. The second-order valence-electron chi connectivity index (χ2n) is 4.25. The van der Waals surface area contributed by atoms with E-state index in [0.717, 1.165) is 11.3 Å². The third kappa shape index (κ3) is 4.15. The van der Waals surface area contributed by atoms with Crippen molar-refractivity contribution in [3.63, 3.8) is 0 Å². The van der Waals surface area contributed by atoms with Crippen LogP contribution in [0.15, 0.2) is 42.5 Å². The maximum Gasteiger partial charge on any atom is 0.262 e. The van der Waals surface area contributed by atoms with Crippen molar-refractivity contribution in [1.29, 1.82) is 0 Å². The van der Waals surface area contributed by atoms with Crippen molar-refractivity contribution in [3.05, 3.63) is 58.1 Å². The number of hydrogen-bond donors (Lipinski definition) is 1. The summed E-state index contributed by atoms with van der Waals surface area (Å²) in [6, 6.07) is 12.1. The maximum absolute atomic E-state index is 11.8. The Labute approximate surface area is 127 Å². The molecule has 2 aromatic rings. The van der Waals surface area contributed by atoms with Crippen molar-refractivity contribution in [3.8, 4) is 5.75 Å². The lowest BCUT2D eigenvalue weighted by Gasteiger charge is -2.10. The van der Waals surface area contributed by atoms with Crippen molar-refractivity contribution in [2.45, 2.75) is 6.92 Å². The average molecular weight is 310 g/mol. The Kier molecular flexibility index (Phi) is 4.88. The highest BCUT2D eigenvalue weighted by Gasteiger charge is 2.06. The normalized spacial score (nSPS) is 10.2. The highest BCUT2D eigenvalue weighted by atomic mass is 35.5. The van der Waals surface area contributed by atoms with Gasteiger partial charge >= 0.3 is 0 Å². The van der Waals surface area contributed by atoms with E-state index in [2.05, 4.69) is 5.32 Å². The Balaban J connectivity index is 1.90. The van der Waals surface area contributed by atoms with Crippen molar-refractivity contribution in [1.82, 2.24) is 0 Å². The van der Waals surface area contributed by atoms with Crippen molar-refractivity contribution >= 4 is 34.8 Å². The van der Waals surface area contributed by atoms with Crippen molar-refractivity contribution in [2.75, 3.05) is 11.9 Å². The number of aryl methyl sites for hydroxylation is 1. The molecule has 5 heteroatoms. The van der Waals surface area contributed by atoms with Crippen LogP contribution in [0.25, 0.3) is 0 Å². The number of anilines is 1. The summed E-state index contributed by atoms with van der Waals surface area (Å²) in [5.74, 6) is 0.364. The maximum atomic E-state index is 11.8. The minimum absolute atomic E-state index is 0.0658. The van der Waals surface area contributed by atoms with Gasteiger partial charge in [-0.05, 0) is 55.0 Å². The molecule has 0 unspecified atom stereocenters. The van der Waals surface area contributed by atoms with E-state index in [0.29, 0.717) is 15.8 Å². The molecule has 1 N–H and O–H groups in total. The van der Waals surface area contributed by atoms with E-state index in [9.17, 15) is 4.79 Å². The average Bonchev–Trinajstić information content (AvgIpc) is 2.41. The first-order chi connectivity index (χ1) is 9.54. The van der Waals surface area contributed by atoms with Crippen molar-refractivity contribution < 1.29 is 9.53 Å². The van der Waals surface area contributed by atoms with Gasteiger partial charge in [0, 0.05) is 15.7 Å². The summed E-state index contributed by atoms with van der Waals surface area (Å²) in [7, 11) is 0. The van der Waals surface area contributed by atoms with Crippen molar-refractivity contribution in [2.24, 2.45) is 0 Å². The van der Waals surface area contributed by atoms with Crippen LogP contribution >= 0.6 is 23.2 Å². The van der Waals surface area contributed by atoms with Crippen LogP contribution in [-0.4, -0.2) is 12.5 Å². The summed E-state index contributed by atoms with van der Waals surface area (Å²) in [4.78, 5) is 11.8. The number of rotatable bonds is 4. The third-order valence-corrected chi connectivity index (χ3v) is 3.13. The number of ether oxygens (including phenoxy) is 1. The Morgan fingerprint density at radius 2 is 1.75 bits per heavy atom. The van der Waals surface area contributed by atoms with Crippen LogP contribution in [0.3, 0.4) is 0 Å². The van der Waals surface area contributed by atoms with E-state index >= 15 is 0 Å². The highest BCUT2D eigenvalue weighted by Crippen LogP contribution is 2.20. The zero-order valence-electron chi connectivity index (χ0n) is 10.8. The van der Waals surface area contributed by atoms with Crippen LogP contribution in [0.4, 0.5) is 5.69 Å². The second kappa shape index (κ2) is 6.64. The molecule has 0 bridgehead atoms. The van der Waals surface area contributed by atoms with Gasteiger partial charge in [0.25, 0.3) is 5.91 Å². The molecule has 0 heterocycles. The lowest BCUT2D eigenvalue weighted by atomic mass is 10.2. The molecule has 2 aromatic carbocycles. The summed E-state index contributed by atoms with van der Waals surface area (Å²) >= 11 is 11.6. The summed E-state index contributed by atoms with van der Waals surface area (Å²) in [6.07, 6.45) is 0. The van der Waals surface area contributed by atoms with Gasteiger partial charge in [0.15, 0.2) is 6.61 Å². The molecular formula is C15H13Cl2NO2. The van der Waals surface area contributed by atoms with Gasteiger partial charge in [-0.15, -0.1) is 0 Å². The fourth-order valence-electron chi connectivity index (χ4n) is 1.63. The number of halogens is 2. The van der Waals surface area contributed by atoms with Gasteiger partial charge in [-0.25, -0.2) is 0 Å². The second-order valence-corrected chi connectivity index (χ2v) is 5.12. The SMILES string of the molecule is Cc1cc(Cl)ccc1NC(=O)COc1ccc(Cl)cc1. The van der Waals surface area contributed by atoms with Gasteiger partial charge in [-0.3, -0.25) is 4.79 Å². The number of benzene rings is 2. The van der Waals surface area contributed by atoms with Gasteiger partial charge in [0.05, 0.1) is 0 Å². The Morgan fingerprint density at radius 3 is 2.40 bits per heavy atom. The molecule has 0 spiro atoms. The fourth-order valence-corrected chi connectivity index (χ4v) is 1.99. The van der Waals surface area contributed by atoms with Gasteiger partial charge in [0.2, 0.25) is 0 Å². The molecular weight excluding hydrogens is 297 g/mol. The molecule has 0 fully saturated rings. The first-order valence-electron chi connectivity index (χ1n) is 5.99. The molecule has 104 valence electrons. The quantitative estimate of drug-likeness (QED) is 0.913. The molecule has 20 heavy (non-hydrogen) atoms. The van der Waals surface area contributed by atoms with Crippen LogP contribution in [0.2, 0.25) is 10.0 Å². The lowest BCUT2D eigenvalue weighted by Crippen LogP contribution is -2.20. The van der Waals surface area contributed by atoms with E-state index in [1.165, 1.54) is 0 Å². The van der Waals surface area contributed by atoms with Gasteiger partial charge in [-0.1, -0.05) is 23.2 Å². The molecule has 0 aliphatic heterocycles. The van der Waals surface area contributed by atoms with Gasteiger partial charge in [-0.2, -0.15) is 0 Å². The summed E-state index contributed by atoms with van der Waals surface area (Å²) in [6.45, 7) is 1.81. The molecule has 3 nitrogen and oxygen atoms in total. The number of amides is 1. The third-order valence-electron chi connectivity index (χ3n) is 2.65. The van der Waals surface area contributed by atoms with Crippen LogP contribution in [0.1, 0.15) is 5.56 Å². The van der Waals surface area contributed by atoms with Crippen LogP contribution in [0.5, 0.6) is 5.75 Å². The monoisotopic (exact) mass is 309 g/mol. The molecule has 1 amide bonds. The fraction of sp³-hybridized carbons (Fsp3) is 0.133. The Bertz CT molecular complexity index is 612. The van der Waals surface area contributed by atoms with Crippen LogP contribution in [0, 0.1) is 6.92 Å². The smallest absolute Gasteiger partial charge is 0.262 e. The van der Waals surface area contributed by atoms with E-state index < -0.39 is 0 Å². The molecule has 0 aliphatic rings. The summed E-state index contributed by atoms with van der Waals surface area (Å²) in [5, 5.41) is 4.03. The summed E-state index contributed by atoms with van der Waals surface area (Å²) < 4.78 is 5.36. The van der Waals surface area contributed by atoms with Crippen LogP contribution < -0.4 is 10.1 Å². The molecule has 0 atom stereocenters. The standard InChI is InChI=1S/C15H13Cl2NO2/c1-10-8-12(17)4-7-14(10)18-15(19)9-20-13-5-2-11(16)3-6-13/h2-8H,9H2,1H3,(H,18,19). The molecule has 0 radical (unpaired) electrons. The number of hydrogen-bond acceptors (Lipinski definition) is 2. The Morgan fingerprint density at radius 1 is 1.10 bits per heavy atom. The number of nitrogens with one attached hydrogen (secondary N) is 1.